The second-order valence-electron chi connectivity index (χ2n) is 25.5. The number of aromatic amines is 3. The van der Waals surface area contributed by atoms with Crippen molar-refractivity contribution in [2.24, 2.45) is 5.41 Å². The number of fused-ring (bicyclic) bond motifs is 4. The average Bonchev–Trinajstić information content (AvgIpc) is 1.61. The highest BCUT2D eigenvalue weighted by Gasteiger charge is 2.49. The SMILES string of the molecule is CC(C)(CO)C(=O)N1CCC(Oc2cc3nc(-c4ccc(N5CCOCC5)cc4)c(Cl)cc3[nH]2)CC1.CO[C@@H]1CO[C@H]2[C@@H]1OC[C@H]2Oc1cc2nc(-c3ccc(N4CCOCC4)cc3)c(Cl)cc2[nH]1.OCCOCCOc1cc2nc(-c3ccc(N4CCOCC4)cc3)c(Cl)cc2[nH]1. The van der Waals surface area contributed by atoms with E-state index >= 15 is 0 Å². The molecule has 520 valence electrons. The summed E-state index contributed by atoms with van der Waals surface area (Å²) in [6.07, 6.45) is 0.981. The molecule has 1 amide bonds. The molecule has 6 fully saturated rings. The molecule has 98 heavy (non-hydrogen) atoms. The van der Waals surface area contributed by atoms with Crippen molar-refractivity contribution in [1.82, 2.24) is 34.8 Å². The number of aliphatic hydroxyl groups is 2. The number of anilines is 3. The molecule has 12 heterocycles. The van der Waals surface area contributed by atoms with E-state index in [1.54, 1.807) is 21.0 Å². The number of amides is 1. The summed E-state index contributed by atoms with van der Waals surface area (Å²) in [6, 6.07) is 36.3. The number of hydrogen-bond donors (Lipinski definition) is 5. The van der Waals surface area contributed by atoms with E-state index in [1.165, 1.54) is 17.1 Å². The Balaban J connectivity index is 0.000000133. The van der Waals surface area contributed by atoms with E-state index < -0.39 is 5.41 Å². The molecule has 6 aliphatic heterocycles. The molecule has 0 saturated carbocycles. The van der Waals surface area contributed by atoms with Gasteiger partial charge in [0, 0.05) is 124 Å². The van der Waals surface area contributed by atoms with Gasteiger partial charge in [0.15, 0.2) is 23.7 Å². The van der Waals surface area contributed by atoms with E-state index in [-0.39, 0.29) is 49.6 Å². The molecule has 3 aromatic carbocycles. The fraction of sp³-hybridized carbons (Fsp3) is 0.444. The van der Waals surface area contributed by atoms with Crippen molar-refractivity contribution in [3.05, 3.63) is 124 Å². The number of likely N-dealkylation sites (tertiary alicyclic amines) is 1. The Morgan fingerprint density at radius 2 is 0.929 bits per heavy atom. The van der Waals surface area contributed by atoms with Crippen molar-refractivity contribution in [1.29, 1.82) is 0 Å². The van der Waals surface area contributed by atoms with Crippen molar-refractivity contribution in [3.8, 4) is 51.4 Å². The molecule has 15 rings (SSSR count). The molecular formula is C72H83Cl3N10O13. The molecule has 0 radical (unpaired) electrons. The highest BCUT2D eigenvalue weighted by Crippen LogP contribution is 2.38. The zero-order valence-corrected chi connectivity index (χ0v) is 57.5. The first-order valence-corrected chi connectivity index (χ1v) is 34.6. The lowest BCUT2D eigenvalue weighted by atomic mass is 9.91. The number of methoxy groups -OCH3 is 1. The summed E-state index contributed by atoms with van der Waals surface area (Å²) in [7, 11) is 1.68. The van der Waals surface area contributed by atoms with Gasteiger partial charge in [0.25, 0.3) is 0 Å². The summed E-state index contributed by atoms with van der Waals surface area (Å²) in [5.74, 6) is 1.86. The number of aromatic nitrogens is 6. The molecule has 6 aliphatic rings. The predicted molar refractivity (Wildman–Crippen MR) is 378 cm³/mol. The Morgan fingerprint density at radius 3 is 1.35 bits per heavy atom. The monoisotopic (exact) mass is 1400 g/mol. The Bertz CT molecular complexity index is 4110. The smallest absolute Gasteiger partial charge is 0.230 e. The number of nitrogens with one attached hydrogen (secondary N) is 3. The standard InChI is InChI=1S/C27H33ClN4O4.C24H26ClN3O5.C21H24ClN3O4/c1-27(2,17-33)26(34)32-9-7-20(8-10-32)36-24-16-23-22(29-24)15-21(28)25(30-23)18-3-5-19(6-4-18)31-11-13-35-14-12-31;1-29-19-12-31-24-20(13-32-23(19)24)33-21-11-18-17(26-21)10-16(25)22(27-18)14-2-4-15(5-3-14)28-6-8-30-9-7-28;22-17-13-18-19(14-20(23-18)29-12-11-28-10-7-26)24-21(17)15-1-3-16(4-2-15)25-5-8-27-9-6-25/h3-6,15-16,20,29,33H,7-14,17H2,1-2H3;2-5,10-11,19-20,23-24,26H,6-9,12-13H2,1H3;1-4,13-14,23,26H,5-12H2/t;19-,20-,23-,24-;/m.1./s1. The molecule has 26 heteroatoms. The third-order valence-electron chi connectivity index (χ3n) is 18.4. The van der Waals surface area contributed by atoms with Gasteiger partial charge in [-0.15, -0.1) is 0 Å². The summed E-state index contributed by atoms with van der Waals surface area (Å²) in [4.78, 5) is 45.4. The zero-order chi connectivity index (χ0) is 67.7. The number of aliphatic hydroxyl groups excluding tert-OH is 2. The summed E-state index contributed by atoms with van der Waals surface area (Å²) >= 11 is 19.7. The lowest BCUT2D eigenvalue weighted by molar-refractivity contribution is -0.144. The van der Waals surface area contributed by atoms with Gasteiger partial charge in [-0.05, 0) is 68.4 Å². The minimum atomic E-state index is -0.754. The highest BCUT2D eigenvalue weighted by molar-refractivity contribution is 6.34. The fourth-order valence-electron chi connectivity index (χ4n) is 12.9. The third-order valence-corrected chi connectivity index (χ3v) is 19.3. The highest BCUT2D eigenvalue weighted by atomic mass is 35.5. The Labute approximate surface area is 583 Å². The van der Waals surface area contributed by atoms with Crippen LogP contribution in [0, 0.1) is 5.41 Å². The molecular weight excluding hydrogens is 1320 g/mol. The van der Waals surface area contributed by atoms with Gasteiger partial charge in [-0.2, -0.15) is 0 Å². The van der Waals surface area contributed by atoms with Crippen molar-refractivity contribution in [2.75, 3.05) is 160 Å². The number of nitrogens with zero attached hydrogens (tertiary/aromatic N) is 7. The maximum atomic E-state index is 12.6. The summed E-state index contributed by atoms with van der Waals surface area (Å²) < 4.78 is 56.7. The molecule has 5 N–H and O–H groups in total. The Morgan fingerprint density at radius 1 is 0.531 bits per heavy atom. The first-order chi connectivity index (χ1) is 47.8. The van der Waals surface area contributed by atoms with Crippen molar-refractivity contribution < 1.29 is 62.4 Å². The quantitative estimate of drug-likeness (QED) is 0.0472. The van der Waals surface area contributed by atoms with Gasteiger partial charge in [-0.1, -0.05) is 71.2 Å². The number of halogens is 3. The van der Waals surface area contributed by atoms with Crippen molar-refractivity contribution >= 4 is 90.9 Å². The molecule has 0 unspecified atom stereocenters. The number of rotatable bonds is 19. The third kappa shape index (κ3) is 16.2. The predicted octanol–water partition coefficient (Wildman–Crippen LogP) is 10.5. The number of H-pyrrole nitrogens is 3. The van der Waals surface area contributed by atoms with Crippen molar-refractivity contribution in [3.63, 3.8) is 0 Å². The topological polar surface area (TPSA) is 249 Å². The first-order valence-electron chi connectivity index (χ1n) is 33.5. The first kappa shape index (κ1) is 69.0. The second-order valence-corrected chi connectivity index (χ2v) is 26.7. The van der Waals surface area contributed by atoms with Gasteiger partial charge in [0.05, 0.1) is 150 Å². The molecule has 23 nitrogen and oxygen atoms in total. The maximum absolute atomic E-state index is 12.6. The van der Waals surface area contributed by atoms with E-state index in [2.05, 4.69) is 90.3 Å². The van der Waals surface area contributed by atoms with Crippen LogP contribution in [0.4, 0.5) is 17.1 Å². The summed E-state index contributed by atoms with van der Waals surface area (Å²) in [5.41, 5.74) is 12.7. The van der Waals surface area contributed by atoms with Crippen LogP contribution in [0.3, 0.4) is 0 Å². The van der Waals surface area contributed by atoms with Crippen LogP contribution in [0.5, 0.6) is 17.6 Å². The number of hydrogen-bond acceptors (Lipinski definition) is 19. The van der Waals surface area contributed by atoms with Gasteiger partial charge in [0.2, 0.25) is 5.91 Å². The Hall–Kier alpha value is -7.49. The number of pyridine rings is 3. The van der Waals surface area contributed by atoms with E-state index in [0.717, 1.165) is 159 Å². The van der Waals surface area contributed by atoms with Gasteiger partial charge in [-0.25, -0.2) is 15.0 Å². The number of carbonyl (C=O) groups is 1. The fourth-order valence-corrected chi connectivity index (χ4v) is 13.7. The lowest BCUT2D eigenvalue weighted by Crippen LogP contribution is -2.48. The number of ether oxygens (including phenoxy) is 10. The molecule has 0 spiro atoms. The van der Waals surface area contributed by atoms with Crippen LogP contribution < -0.4 is 28.9 Å². The van der Waals surface area contributed by atoms with Crippen LogP contribution in [-0.4, -0.2) is 227 Å². The average molecular weight is 1400 g/mol. The van der Waals surface area contributed by atoms with Crippen LogP contribution in [-0.2, 0) is 38.0 Å². The van der Waals surface area contributed by atoms with E-state index in [4.69, 9.17) is 102 Å². The Kier molecular flexibility index (Phi) is 22.4. The molecule has 0 bridgehead atoms. The van der Waals surface area contributed by atoms with Crippen molar-refractivity contribution in [2.45, 2.75) is 57.2 Å². The second kappa shape index (κ2) is 31.8. The molecule has 6 aromatic heterocycles. The van der Waals surface area contributed by atoms with Gasteiger partial charge in [0.1, 0.15) is 31.0 Å². The van der Waals surface area contributed by atoms with E-state index in [0.29, 0.717) is 78.8 Å². The molecule has 4 atom stereocenters. The van der Waals surface area contributed by atoms with Gasteiger partial charge in [-0.3, -0.25) is 4.79 Å². The van der Waals surface area contributed by atoms with E-state index in [9.17, 15) is 9.90 Å². The van der Waals surface area contributed by atoms with Crippen LogP contribution in [0.15, 0.2) is 109 Å². The van der Waals surface area contributed by atoms with Crippen LogP contribution in [0.25, 0.3) is 66.9 Å². The van der Waals surface area contributed by atoms with Crippen LogP contribution in [0.1, 0.15) is 26.7 Å². The van der Waals surface area contributed by atoms with Gasteiger partial charge >= 0.3 is 0 Å². The number of carbonyl (C=O) groups excluding carboxylic acids is 1. The molecule has 9 aromatic rings. The number of piperidine rings is 1. The van der Waals surface area contributed by atoms with Crippen LogP contribution in [0.2, 0.25) is 15.1 Å². The van der Waals surface area contributed by atoms with E-state index in [1.807, 2.05) is 53.4 Å². The van der Waals surface area contributed by atoms with Crippen LogP contribution >= 0.6 is 34.8 Å². The summed E-state index contributed by atoms with van der Waals surface area (Å²) in [5, 5.41) is 19.9. The minimum absolute atomic E-state index is 0.00188. The number of morpholine rings is 3. The van der Waals surface area contributed by atoms with Gasteiger partial charge < -0.3 is 92.1 Å². The number of benzene rings is 3. The summed E-state index contributed by atoms with van der Waals surface area (Å²) in [6.45, 7) is 16.6. The molecule has 0 aliphatic carbocycles. The normalized spacial score (nSPS) is 19.9. The largest absolute Gasteiger partial charge is 0.476 e. The zero-order valence-electron chi connectivity index (χ0n) is 55.2. The maximum Gasteiger partial charge on any atom is 0.230 e. The lowest BCUT2D eigenvalue weighted by Gasteiger charge is -2.36. The molecule has 6 saturated heterocycles. The minimum Gasteiger partial charge on any atom is -0.476 e.